The maximum Gasteiger partial charge on any atom is 0.198 e. The number of phenolic OH excluding ortho intramolecular Hbond substituents is 2. The number of hydrogen-bond donors (Lipinski definition) is 2. The number of benzene rings is 2. The van der Waals surface area contributed by atoms with Gasteiger partial charge in [-0.15, -0.1) is 0 Å². The first-order valence-electron chi connectivity index (χ1n) is 14.0. The van der Waals surface area contributed by atoms with E-state index >= 15 is 0 Å². The minimum absolute atomic E-state index is 0.0849. The van der Waals surface area contributed by atoms with E-state index in [0.29, 0.717) is 17.7 Å². The van der Waals surface area contributed by atoms with Crippen LogP contribution in [0.4, 0.5) is 0 Å². The molecule has 36 heavy (non-hydrogen) atoms. The van der Waals surface area contributed by atoms with Crippen LogP contribution in [0.1, 0.15) is 128 Å². The van der Waals surface area contributed by atoms with Gasteiger partial charge in [0.15, 0.2) is 23.1 Å². The molecule has 2 N–H and O–H groups in total. The minimum atomic E-state index is -0.477. The molecule has 2 aromatic carbocycles. The molecule has 0 saturated heterocycles. The normalized spacial score (nSPS) is 12.8. The van der Waals surface area contributed by atoms with E-state index in [9.17, 15) is 19.8 Å². The fraction of sp³-hybridized carbons (Fsp3) is 0.548. The number of hydrogen-bond acceptors (Lipinski definition) is 5. The molecule has 1 aliphatic rings. The predicted octanol–water partition coefficient (Wildman–Crippen LogP) is 7.40. The van der Waals surface area contributed by atoms with E-state index < -0.39 is 11.5 Å². The Hall–Kier alpha value is -2.66. The molecule has 3 rings (SSSR count). The van der Waals surface area contributed by atoms with Crippen LogP contribution in [0.3, 0.4) is 0 Å². The van der Waals surface area contributed by atoms with Gasteiger partial charge in [0.1, 0.15) is 0 Å². The van der Waals surface area contributed by atoms with Crippen LogP contribution in [-0.4, -0.2) is 39.8 Å². The highest BCUT2D eigenvalue weighted by Crippen LogP contribution is 2.41. The third-order valence-electron chi connectivity index (χ3n) is 7.29. The van der Waals surface area contributed by atoms with Crippen molar-refractivity contribution in [1.29, 1.82) is 0 Å². The molecular weight excluding hydrogens is 450 g/mol. The van der Waals surface area contributed by atoms with Crippen molar-refractivity contribution in [2.24, 2.45) is 0 Å². The average Bonchev–Trinajstić information content (AvgIpc) is 2.89. The zero-order chi connectivity index (χ0) is 25.9. The van der Waals surface area contributed by atoms with Crippen LogP contribution < -0.4 is 0 Å². The molecule has 1 aliphatic carbocycles. The maximum absolute atomic E-state index is 13.2. The number of unbranched alkanes of at least 4 members (excludes halogenated alkanes) is 10. The summed E-state index contributed by atoms with van der Waals surface area (Å²) in [5, 5.41) is 21.7. The third kappa shape index (κ3) is 6.97. The second kappa shape index (κ2) is 14.2. The second-order valence-electron chi connectivity index (χ2n) is 10.2. The van der Waals surface area contributed by atoms with Crippen molar-refractivity contribution < 1.29 is 19.8 Å². The molecule has 5 nitrogen and oxygen atoms in total. The molecule has 0 saturated carbocycles. The van der Waals surface area contributed by atoms with Gasteiger partial charge in [0.2, 0.25) is 0 Å². The molecule has 0 fully saturated rings. The van der Waals surface area contributed by atoms with Gasteiger partial charge in [-0.25, -0.2) is 0 Å². The molecule has 0 spiro atoms. The quantitative estimate of drug-likeness (QED) is 0.161. The monoisotopic (exact) mass is 493 g/mol. The van der Waals surface area contributed by atoms with Crippen LogP contribution in [0.15, 0.2) is 30.3 Å². The van der Waals surface area contributed by atoms with Gasteiger partial charge >= 0.3 is 0 Å². The Balaban J connectivity index is 1.75. The highest BCUT2D eigenvalue weighted by Gasteiger charge is 2.34. The van der Waals surface area contributed by atoms with Crippen molar-refractivity contribution in [3.63, 3.8) is 0 Å². The third-order valence-corrected chi connectivity index (χ3v) is 7.29. The summed E-state index contributed by atoms with van der Waals surface area (Å²) >= 11 is 0. The molecule has 0 aromatic heterocycles. The summed E-state index contributed by atoms with van der Waals surface area (Å²) in [4.78, 5) is 28.5. The van der Waals surface area contributed by atoms with E-state index in [1.165, 1.54) is 64.2 Å². The lowest BCUT2D eigenvalue weighted by Gasteiger charge is -2.25. The number of rotatable bonds is 16. The number of carbonyl (C=O) groups is 2. The van der Waals surface area contributed by atoms with E-state index in [1.54, 1.807) is 30.3 Å². The van der Waals surface area contributed by atoms with E-state index in [1.807, 2.05) is 0 Å². The minimum Gasteiger partial charge on any atom is -0.504 e. The van der Waals surface area contributed by atoms with Gasteiger partial charge in [-0.1, -0.05) is 102 Å². The summed E-state index contributed by atoms with van der Waals surface area (Å²) in [7, 11) is 0. The average molecular weight is 494 g/mol. The zero-order valence-electron chi connectivity index (χ0n) is 22.2. The van der Waals surface area contributed by atoms with Gasteiger partial charge < -0.3 is 10.2 Å². The molecule has 0 radical (unpaired) electrons. The van der Waals surface area contributed by atoms with Crippen LogP contribution in [0.2, 0.25) is 0 Å². The van der Waals surface area contributed by atoms with Crippen molar-refractivity contribution in [2.45, 2.75) is 97.4 Å². The van der Waals surface area contributed by atoms with E-state index in [4.69, 9.17) is 0 Å². The Morgan fingerprint density at radius 1 is 0.639 bits per heavy atom. The van der Waals surface area contributed by atoms with Crippen LogP contribution in [0, 0.1) is 0 Å². The Morgan fingerprint density at radius 3 is 1.69 bits per heavy atom. The number of carbonyl (C=O) groups excluding carboxylic acids is 2. The van der Waals surface area contributed by atoms with E-state index in [0.717, 1.165) is 25.9 Å². The predicted molar refractivity (Wildman–Crippen MR) is 145 cm³/mol. The first-order valence-corrected chi connectivity index (χ1v) is 14.0. The van der Waals surface area contributed by atoms with Crippen molar-refractivity contribution in [3.8, 4) is 11.5 Å². The highest BCUT2D eigenvalue weighted by molar-refractivity contribution is 6.29. The van der Waals surface area contributed by atoms with Crippen LogP contribution in [0.5, 0.6) is 11.5 Å². The Labute approximate surface area is 216 Å². The van der Waals surface area contributed by atoms with Crippen molar-refractivity contribution in [3.05, 3.63) is 58.1 Å². The molecule has 0 unspecified atom stereocenters. The molecular formula is C31H43NO4. The number of aromatic hydroxyl groups is 2. The van der Waals surface area contributed by atoms with Crippen molar-refractivity contribution >= 4 is 11.6 Å². The summed E-state index contributed by atoms with van der Waals surface area (Å²) in [6.45, 7) is 6.71. The first-order chi connectivity index (χ1) is 17.5. The van der Waals surface area contributed by atoms with Crippen molar-refractivity contribution in [1.82, 2.24) is 4.90 Å². The first kappa shape index (κ1) is 27.9. The number of fused-ring (bicyclic) bond motifs is 2. The van der Waals surface area contributed by atoms with Gasteiger partial charge in [-0.2, -0.15) is 0 Å². The lowest BCUT2D eigenvalue weighted by molar-refractivity contribution is 0.0976. The second-order valence-corrected chi connectivity index (χ2v) is 10.2. The van der Waals surface area contributed by atoms with E-state index in [-0.39, 0.29) is 28.2 Å². The standard InChI is InChI=1S/C31H43NO4/c1-3-5-7-9-11-15-19-32(20-16-12-10-8-6-4-2)22-23-21-26-27(31(36)28(23)33)30(35)25-18-14-13-17-24(25)29(26)34/h13-14,17-18,21,33,36H,3-12,15-16,19-20,22H2,1-2H3. The summed E-state index contributed by atoms with van der Waals surface area (Å²) in [5.41, 5.74) is 1.22. The number of nitrogens with zero attached hydrogens (tertiary/aromatic N) is 1. The maximum atomic E-state index is 13.2. The Kier molecular flexibility index (Phi) is 11.0. The van der Waals surface area contributed by atoms with Gasteiger partial charge in [-0.05, 0) is 32.0 Å². The topological polar surface area (TPSA) is 77.8 Å². The largest absolute Gasteiger partial charge is 0.504 e. The highest BCUT2D eigenvalue weighted by atomic mass is 16.3. The summed E-state index contributed by atoms with van der Waals surface area (Å²) < 4.78 is 0. The fourth-order valence-corrected chi connectivity index (χ4v) is 5.14. The summed E-state index contributed by atoms with van der Waals surface area (Å²) in [6.07, 6.45) is 14.6. The Bertz CT molecular complexity index is 1010. The Morgan fingerprint density at radius 2 is 1.14 bits per heavy atom. The van der Waals surface area contributed by atoms with Crippen LogP contribution in [-0.2, 0) is 6.54 Å². The van der Waals surface area contributed by atoms with Crippen LogP contribution in [0.25, 0.3) is 0 Å². The lowest BCUT2D eigenvalue weighted by atomic mass is 9.82. The molecule has 0 atom stereocenters. The van der Waals surface area contributed by atoms with Crippen molar-refractivity contribution in [2.75, 3.05) is 13.1 Å². The molecule has 2 aromatic rings. The molecule has 0 heterocycles. The molecule has 5 heteroatoms. The SMILES string of the molecule is CCCCCCCCN(CCCCCCCC)Cc1cc2c(c(O)c1O)C(=O)c1ccccc1C2=O. The molecule has 196 valence electrons. The van der Waals surface area contributed by atoms with Gasteiger partial charge in [-0.3, -0.25) is 14.5 Å². The number of ketones is 2. The lowest BCUT2D eigenvalue weighted by Crippen LogP contribution is -2.27. The number of phenols is 2. The van der Waals surface area contributed by atoms with E-state index in [2.05, 4.69) is 18.7 Å². The smallest absolute Gasteiger partial charge is 0.198 e. The summed E-state index contributed by atoms with van der Waals surface area (Å²) in [6, 6.07) is 8.29. The molecule has 0 bridgehead atoms. The van der Waals surface area contributed by atoms with Crippen LogP contribution >= 0.6 is 0 Å². The van der Waals surface area contributed by atoms with Gasteiger partial charge in [0.25, 0.3) is 0 Å². The molecule has 0 amide bonds. The summed E-state index contributed by atoms with van der Waals surface area (Å²) in [5.74, 6) is -1.47. The van der Waals surface area contributed by atoms with Gasteiger partial charge in [0.05, 0.1) is 5.56 Å². The molecule has 0 aliphatic heterocycles. The fourth-order valence-electron chi connectivity index (χ4n) is 5.14. The zero-order valence-corrected chi connectivity index (χ0v) is 22.2. The van der Waals surface area contributed by atoms with Gasteiger partial charge in [0, 0.05) is 28.8 Å².